The van der Waals surface area contributed by atoms with Crippen LogP contribution in [0.3, 0.4) is 0 Å². The second-order valence-corrected chi connectivity index (χ2v) is 10.5. The molecule has 10 heteroatoms. The first kappa shape index (κ1) is 32.6. The SMILES string of the molecule is COc1ccc([C@H](N[C@@H](CC(C)C)C(=O)N[C@@H](C)CNc2ccc(OCc3ccccc3)cc2)C(F)(F)F)c(OC)c1. The van der Waals surface area contributed by atoms with E-state index < -0.39 is 24.2 Å². The Labute approximate surface area is 245 Å². The average Bonchev–Trinajstić information content (AvgIpc) is 2.97. The summed E-state index contributed by atoms with van der Waals surface area (Å²) in [5.41, 5.74) is 1.77. The minimum absolute atomic E-state index is 0.0157. The van der Waals surface area contributed by atoms with Gasteiger partial charge in [-0.2, -0.15) is 13.2 Å². The highest BCUT2D eigenvalue weighted by atomic mass is 19.4. The molecule has 0 unspecified atom stereocenters. The van der Waals surface area contributed by atoms with Crippen molar-refractivity contribution in [2.45, 2.75) is 58.1 Å². The Morgan fingerprint density at radius 2 is 1.55 bits per heavy atom. The Bertz CT molecular complexity index is 1250. The van der Waals surface area contributed by atoms with Gasteiger partial charge in [-0.3, -0.25) is 10.1 Å². The molecule has 3 atom stereocenters. The number of hydrogen-bond donors (Lipinski definition) is 3. The smallest absolute Gasteiger partial charge is 0.408 e. The van der Waals surface area contributed by atoms with Gasteiger partial charge in [-0.1, -0.05) is 44.2 Å². The van der Waals surface area contributed by atoms with Gasteiger partial charge in [0.1, 0.15) is 29.9 Å². The number of benzene rings is 3. The first-order valence-electron chi connectivity index (χ1n) is 13.9. The number of nitrogens with one attached hydrogen (secondary N) is 3. The molecule has 0 aromatic heterocycles. The number of rotatable bonds is 15. The number of halogens is 3. The number of hydrogen-bond acceptors (Lipinski definition) is 6. The molecule has 3 aromatic carbocycles. The number of alkyl halides is 3. The molecule has 0 aliphatic heterocycles. The Hall–Kier alpha value is -3.92. The Morgan fingerprint density at radius 1 is 0.881 bits per heavy atom. The highest BCUT2D eigenvalue weighted by molar-refractivity contribution is 5.82. The summed E-state index contributed by atoms with van der Waals surface area (Å²) in [6, 6.07) is 17.8. The van der Waals surface area contributed by atoms with Crippen molar-refractivity contribution in [1.82, 2.24) is 10.6 Å². The average molecular weight is 588 g/mol. The molecule has 0 saturated carbocycles. The molecule has 3 rings (SSSR count). The maximum atomic E-state index is 14.3. The van der Waals surface area contributed by atoms with Crippen molar-refractivity contribution in [3.8, 4) is 17.2 Å². The summed E-state index contributed by atoms with van der Waals surface area (Å²) in [6.45, 7) is 6.35. The molecule has 42 heavy (non-hydrogen) atoms. The molecule has 0 spiro atoms. The van der Waals surface area contributed by atoms with Crippen molar-refractivity contribution in [3.05, 3.63) is 83.9 Å². The molecule has 3 N–H and O–H groups in total. The molecular formula is C32H40F3N3O4. The van der Waals surface area contributed by atoms with Crippen LogP contribution in [0.25, 0.3) is 0 Å². The predicted molar refractivity (Wildman–Crippen MR) is 158 cm³/mol. The second kappa shape index (κ2) is 15.3. The zero-order chi connectivity index (χ0) is 30.7. The van der Waals surface area contributed by atoms with E-state index in [2.05, 4.69) is 16.0 Å². The molecule has 0 saturated heterocycles. The van der Waals surface area contributed by atoms with Crippen LogP contribution in [0.4, 0.5) is 18.9 Å². The zero-order valence-corrected chi connectivity index (χ0v) is 24.6. The van der Waals surface area contributed by atoms with Crippen LogP contribution in [-0.2, 0) is 11.4 Å². The number of anilines is 1. The summed E-state index contributed by atoms with van der Waals surface area (Å²) in [5, 5.41) is 8.67. The van der Waals surface area contributed by atoms with Crippen LogP contribution in [0.15, 0.2) is 72.8 Å². The molecule has 0 aliphatic carbocycles. The van der Waals surface area contributed by atoms with Crippen LogP contribution in [0.2, 0.25) is 0 Å². The Balaban J connectivity index is 1.62. The topological polar surface area (TPSA) is 80.9 Å². The second-order valence-electron chi connectivity index (χ2n) is 10.5. The van der Waals surface area contributed by atoms with Crippen LogP contribution >= 0.6 is 0 Å². The van der Waals surface area contributed by atoms with Crippen LogP contribution < -0.4 is 30.2 Å². The van der Waals surface area contributed by atoms with Crippen LogP contribution in [0, 0.1) is 5.92 Å². The summed E-state index contributed by atoms with van der Waals surface area (Å²) in [5.74, 6) is 0.562. The fourth-order valence-electron chi connectivity index (χ4n) is 4.42. The molecule has 0 fully saturated rings. The maximum absolute atomic E-state index is 14.3. The lowest BCUT2D eigenvalue weighted by Gasteiger charge is -2.30. The normalized spacial score (nSPS) is 13.6. The molecule has 7 nitrogen and oxygen atoms in total. The minimum atomic E-state index is -4.68. The van der Waals surface area contributed by atoms with Gasteiger partial charge in [0.2, 0.25) is 5.91 Å². The van der Waals surface area contributed by atoms with E-state index in [1.165, 1.54) is 32.4 Å². The fourth-order valence-corrected chi connectivity index (χ4v) is 4.42. The largest absolute Gasteiger partial charge is 0.497 e. The van der Waals surface area contributed by atoms with Gasteiger partial charge in [-0.25, -0.2) is 0 Å². The van der Waals surface area contributed by atoms with E-state index in [-0.39, 0.29) is 29.7 Å². The van der Waals surface area contributed by atoms with Gasteiger partial charge >= 0.3 is 6.18 Å². The van der Waals surface area contributed by atoms with Crippen LogP contribution in [-0.4, -0.2) is 44.9 Å². The monoisotopic (exact) mass is 587 g/mol. The van der Waals surface area contributed by atoms with Crippen molar-refractivity contribution in [2.24, 2.45) is 5.92 Å². The number of carbonyl (C=O) groups is 1. The molecule has 0 aliphatic rings. The molecule has 3 aromatic rings. The first-order chi connectivity index (χ1) is 20.0. The van der Waals surface area contributed by atoms with Crippen molar-refractivity contribution in [2.75, 3.05) is 26.1 Å². The van der Waals surface area contributed by atoms with Crippen molar-refractivity contribution in [1.29, 1.82) is 0 Å². The Morgan fingerprint density at radius 3 is 2.14 bits per heavy atom. The number of carbonyl (C=O) groups excluding carboxylic acids is 1. The minimum Gasteiger partial charge on any atom is -0.497 e. The fraction of sp³-hybridized carbons (Fsp3) is 0.406. The molecule has 228 valence electrons. The van der Waals surface area contributed by atoms with Gasteiger partial charge < -0.3 is 24.8 Å². The molecule has 0 radical (unpaired) electrons. The molecule has 0 bridgehead atoms. The van der Waals surface area contributed by atoms with E-state index in [0.29, 0.717) is 18.9 Å². The van der Waals surface area contributed by atoms with Crippen molar-refractivity contribution < 1.29 is 32.2 Å². The standard InChI is InChI=1S/C32H40F3N3O4/c1-21(2)17-28(38-30(32(33,34)35)27-16-15-26(40-4)18-29(27)41-5)31(39)37-22(3)19-36-24-11-13-25(14-12-24)42-20-23-9-7-6-8-10-23/h6-16,18,21-22,28,30,36,38H,17,19-20H2,1-5H3,(H,37,39)/t22-,28-,30-/m0/s1. The summed E-state index contributed by atoms with van der Waals surface area (Å²) < 4.78 is 59.1. The van der Waals surface area contributed by atoms with E-state index in [1.54, 1.807) is 6.92 Å². The van der Waals surface area contributed by atoms with E-state index in [4.69, 9.17) is 14.2 Å². The van der Waals surface area contributed by atoms with Gasteiger partial charge in [-0.05, 0) is 61.2 Å². The van der Waals surface area contributed by atoms with E-state index in [0.717, 1.165) is 17.0 Å². The lowest BCUT2D eigenvalue weighted by molar-refractivity contribution is -0.161. The number of amides is 1. The summed E-state index contributed by atoms with van der Waals surface area (Å²) in [7, 11) is 2.72. The van der Waals surface area contributed by atoms with Crippen LogP contribution in [0.1, 0.15) is 44.4 Å². The lowest BCUT2D eigenvalue weighted by Crippen LogP contribution is -2.52. The highest BCUT2D eigenvalue weighted by Gasteiger charge is 2.44. The zero-order valence-electron chi connectivity index (χ0n) is 24.6. The van der Waals surface area contributed by atoms with E-state index in [9.17, 15) is 18.0 Å². The van der Waals surface area contributed by atoms with Gasteiger partial charge in [0.25, 0.3) is 0 Å². The Kier molecular flexibility index (Phi) is 11.9. The lowest BCUT2D eigenvalue weighted by atomic mass is 9.98. The van der Waals surface area contributed by atoms with Gasteiger partial charge in [0.05, 0.1) is 20.3 Å². The highest BCUT2D eigenvalue weighted by Crippen LogP contribution is 2.39. The third kappa shape index (κ3) is 9.87. The first-order valence-corrected chi connectivity index (χ1v) is 13.9. The van der Waals surface area contributed by atoms with E-state index >= 15 is 0 Å². The van der Waals surface area contributed by atoms with Crippen molar-refractivity contribution in [3.63, 3.8) is 0 Å². The summed E-state index contributed by atoms with van der Waals surface area (Å²) >= 11 is 0. The van der Waals surface area contributed by atoms with Gasteiger partial charge in [-0.15, -0.1) is 0 Å². The van der Waals surface area contributed by atoms with E-state index in [1.807, 2.05) is 68.4 Å². The molecule has 1 amide bonds. The predicted octanol–water partition coefficient (Wildman–Crippen LogP) is 6.51. The molecular weight excluding hydrogens is 547 g/mol. The third-order valence-corrected chi connectivity index (χ3v) is 6.57. The molecule has 0 heterocycles. The summed E-state index contributed by atoms with van der Waals surface area (Å²) in [6.07, 6.45) is -4.47. The quantitative estimate of drug-likeness (QED) is 0.188. The van der Waals surface area contributed by atoms with Crippen molar-refractivity contribution >= 4 is 11.6 Å². The third-order valence-electron chi connectivity index (χ3n) is 6.57. The van der Waals surface area contributed by atoms with Gasteiger partial charge in [0, 0.05) is 29.9 Å². The van der Waals surface area contributed by atoms with Gasteiger partial charge in [0.15, 0.2) is 0 Å². The maximum Gasteiger partial charge on any atom is 0.408 e. The number of methoxy groups -OCH3 is 2. The van der Waals surface area contributed by atoms with Crippen LogP contribution in [0.5, 0.6) is 17.2 Å². The number of ether oxygens (including phenoxy) is 3. The summed E-state index contributed by atoms with van der Waals surface area (Å²) in [4.78, 5) is 13.2.